The van der Waals surface area contributed by atoms with Crippen molar-refractivity contribution in [1.82, 2.24) is 15.5 Å². The van der Waals surface area contributed by atoms with E-state index in [4.69, 9.17) is 4.74 Å². The number of ether oxygens (including phenoxy) is 1. The van der Waals surface area contributed by atoms with Crippen molar-refractivity contribution < 1.29 is 9.84 Å². The van der Waals surface area contributed by atoms with Crippen molar-refractivity contribution >= 4 is 29.9 Å². The van der Waals surface area contributed by atoms with Gasteiger partial charge in [0.15, 0.2) is 5.96 Å². The highest BCUT2D eigenvalue weighted by molar-refractivity contribution is 14.0. The molecule has 0 spiro atoms. The van der Waals surface area contributed by atoms with Gasteiger partial charge in [0.1, 0.15) is 5.60 Å². The lowest BCUT2D eigenvalue weighted by Gasteiger charge is -2.24. The van der Waals surface area contributed by atoms with E-state index >= 15 is 0 Å². The Kier molecular flexibility index (Phi) is 11.2. The summed E-state index contributed by atoms with van der Waals surface area (Å²) in [7, 11) is 1.75. The predicted molar refractivity (Wildman–Crippen MR) is 122 cm³/mol. The predicted octanol–water partition coefficient (Wildman–Crippen LogP) is 2.18. The van der Waals surface area contributed by atoms with Gasteiger partial charge in [0.05, 0.1) is 13.2 Å². The van der Waals surface area contributed by atoms with Gasteiger partial charge in [-0.3, -0.25) is 4.90 Å². The molecule has 154 valence electrons. The molecule has 3 N–H and O–H groups in total. The molecule has 0 heterocycles. The molecule has 1 aliphatic rings. The number of methoxy groups -OCH3 is 1. The molecule has 1 atom stereocenters. The number of guanidine groups is 1. The lowest BCUT2D eigenvalue weighted by Crippen LogP contribution is -2.43. The fraction of sp³-hybridized carbons (Fsp3) is 0.650. The van der Waals surface area contributed by atoms with Crippen LogP contribution in [0.1, 0.15) is 32.3 Å². The third-order valence-corrected chi connectivity index (χ3v) is 4.62. The van der Waals surface area contributed by atoms with Gasteiger partial charge < -0.3 is 20.5 Å². The molecule has 1 aliphatic carbocycles. The van der Waals surface area contributed by atoms with Crippen LogP contribution in [0.5, 0.6) is 0 Å². The molecule has 0 saturated heterocycles. The highest BCUT2D eigenvalue weighted by Crippen LogP contribution is 2.26. The molecule has 1 aromatic carbocycles. The minimum atomic E-state index is -0.984. The number of nitrogens with zero attached hydrogens (tertiary/aromatic N) is 2. The Hall–Kier alpha value is -0.900. The Morgan fingerprint density at radius 3 is 2.56 bits per heavy atom. The van der Waals surface area contributed by atoms with E-state index in [0.29, 0.717) is 12.6 Å². The third kappa shape index (κ3) is 8.76. The Morgan fingerprint density at radius 1 is 1.26 bits per heavy atom. The van der Waals surface area contributed by atoms with Gasteiger partial charge in [-0.2, -0.15) is 0 Å². The number of hydrogen-bond donors (Lipinski definition) is 3. The normalized spacial score (nSPS) is 16.6. The van der Waals surface area contributed by atoms with E-state index in [-0.39, 0.29) is 24.0 Å². The van der Waals surface area contributed by atoms with E-state index in [1.807, 2.05) is 37.3 Å². The largest absolute Gasteiger partial charge is 0.384 e. The zero-order valence-corrected chi connectivity index (χ0v) is 19.1. The molecule has 1 fully saturated rings. The lowest BCUT2D eigenvalue weighted by molar-refractivity contribution is 0.0672. The minimum Gasteiger partial charge on any atom is -0.384 e. The van der Waals surface area contributed by atoms with Crippen LogP contribution in [0.2, 0.25) is 0 Å². The molecule has 0 aromatic heterocycles. The molecular formula is C20H35IN4O2. The summed E-state index contributed by atoms with van der Waals surface area (Å²) >= 11 is 0. The van der Waals surface area contributed by atoms with E-state index in [9.17, 15) is 5.11 Å². The van der Waals surface area contributed by atoms with E-state index in [1.54, 1.807) is 14.0 Å². The number of rotatable bonds is 11. The molecule has 0 radical (unpaired) electrons. The Labute approximate surface area is 180 Å². The van der Waals surface area contributed by atoms with E-state index < -0.39 is 5.60 Å². The van der Waals surface area contributed by atoms with Crippen LogP contribution in [-0.2, 0) is 10.3 Å². The summed E-state index contributed by atoms with van der Waals surface area (Å²) in [6, 6.07) is 10.4. The summed E-state index contributed by atoms with van der Waals surface area (Å²) < 4.78 is 5.21. The van der Waals surface area contributed by atoms with E-state index in [1.165, 1.54) is 12.8 Å². The first-order valence-electron chi connectivity index (χ1n) is 9.60. The first-order chi connectivity index (χ1) is 12.6. The number of hydrogen-bond acceptors (Lipinski definition) is 4. The van der Waals surface area contributed by atoms with Gasteiger partial charge in [0, 0.05) is 39.3 Å². The number of halogens is 1. The SMILES string of the molecule is CCNC(=NCC(C)(O)c1ccccc1)NCCN(CCOC)C1CC1.I. The molecule has 6 nitrogen and oxygen atoms in total. The van der Waals surface area contributed by atoms with Crippen molar-refractivity contribution in [3.8, 4) is 0 Å². The van der Waals surface area contributed by atoms with Gasteiger partial charge in [-0.25, -0.2) is 4.99 Å². The first-order valence-corrected chi connectivity index (χ1v) is 9.60. The van der Waals surface area contributed by atoms with E-state index in [0.717, 1.165) is 44.3 Å². The summed E-state index contributed by atoms with van der Waals surface area (Å²) in [5, 5.41) is 17.3. The summed E-state index contributed by atoms with van der Waals surface area (Å²) in [6.45, 7) is 8.46. The van der Waals surface area contributed by atoms with Crippen molar-refractivity contribution in [3.05, 3.63) is 35.9 Å². The van der Waals surface area contributed by atoms with Gasteiger partial charge in [-0.05, 0) is 32.3 Å². The second kappa shape index (κ2) is 12.5. The first kappa shape index (κ1) is 24.1. The maximum absolute atomic E-state index is 10.7. The average Bonchev–Trinajstić information content (AvgIpc) is 3.48. The minimum absolute atomic E-state index is 0. The molecule has 2 rings (SSSR count). The molecule has 0 amide bonds. The van der Waals surface area contributed by atoms with Gasteiger partial charge >= 0.3 is 0 Å². The zero-order chi connectivity index (χ0) is 18.8. The van der Waals surface area contributed by atoms with Crippen LogP contribution < -0.4 is 10.6 Å². The van der Waals surface area contributed by atoms with E-state index in [2.05, 4.69) is 20.5 Å². The van der Waals surface area contributed by atoms with Gasteiger partial charge in [0.2, 0.25) is 0 Å². The highest BCUT2D eigenvalue weighted by atomic mass is 127. The second-order valence-electron chi connectivity index (χ2n) is 7.02. The maximum Gasteiger partial charge on any atom is 0.191 e. The fourth-order valence-corrected chi connectivity index (χ4v) is 2.91. The molecule has 1 aromatic rings. The topological polar surface area (TPSA) is 69.1 Å². The number of aliphatic hydroxyl groups is 1. The van der Waals surface area contributed by atoms with Gasteiger partial charge in [0.25, 0.3) is 0 Å². The van der Waals surface area contributed by atoms with Crippen LogP contribution in [0.4, 0.5) is 0 Å². The van der Waals surface area contributed by atoms with Crippen molar-refractivity contribution in [2.24, 2.45) is 4.99 Å². The number of aliphatic imine (C=N–C) groups is 1. The lowest BCUT2D eigenvalue weighted by atomic mass is 9.96. The van der Waals surface area contributed by atoms with Crippen LogP contribution in [0, 0.1) is 0 Å². The highest BCUT2D eigenvalue weighted by Gasteiger charge is 2.28. The summed E-state index contributed by atoms with van der Waals surface area (Å²) in [6.07, 6.45) is 2.58. The Bertz CT molecular complexity index is 550. The van der Waals surface area contributed by atoms with Crippen LogP contribution in [0.25, 0.3) is 0 Å². The number of nitrogens with one attached hydrogen (secondary N) is 2. The second-order valence-corrected chi connectivity index (χ2v) is 7.02. The van der Waals surface area contributed by atoms with Crippen LogP contribution in [-0.4, -0.2) is 68.4 Å². The molecule has 0 bridgehead atoms. The monoisotopic (exact) mass is 490 g/mol. The molecule has 0 aliphatic heterocycles. The van der Waals surface area contributed by atoms with Crippen LogP contribution in [0.15, 0.2) is 35.3 Å². The average molecular weight is 490 g/mol. The summed E-state index contributed by atoms with van der Waals surface area (Å²) in [5.74, 6) is 0.742. The summed E-state index contributed by atoms with van der Waals surface area (Å²) in [4.78, 5) is 7.05. The standard InChI is InChI=1S/C20H34N4O2.HI/c1-4-21-19(22-12-13-24(14-15-26-3)18-10-11-18)23-16-20(2,25)17-8-6-5-7-9-17;/h5-9,18,25H,4,10-16H2,1-3H3,(H2,21,22,23);1H. The molecule has 27 heavy (non-hydrogen) atoms. The van der Waals surface area contributed by atoms with Crippen molar-refractivity contribution in [1.29, 1.82) is 0 Å². The molecule has 7 heteroatoms. The van der Waals surface area contributed by atoms with Gasteiger partial charge in [-0.1, -0.05) is 30.3 Å². The molecule has 1 unspecified atom stereocenters. The number of benzene rings is 1. The van der Waals surface area contributed by atoms with Crippen LogP contribution in [0.3, 0.4) is 0 Å². The maximum atomic E-state index is 10.7. The summed E-state index contributed by atoms with van der Waals surface area (Å²) in [5.41, 5.74) is -0.110. The Morgan fingerprint density at radius 2 is 1.96 bits per heavy atom. The Balaban J connectivity index is 0.00000364. The smallest absolute Gasteiger partial charge is 0.191 e. The van der Waals surface area contributed by atoms with Crippen molar-refractivity contribution in [2.45, 2.75) is 38.3 Å². The molecule has 1 saturated carbocycles. The van der Waals surface area contributed by atoms with Crippen LogP contribution >= 0.6 is 24.0 Å². The van der Waals surface area contributed by atoms with Crippen molar-refractivity contribution in [3.63, 3.8) is 0 Å². The van der Waals surface area contributed by atoms with Gasteiger partial charge in [-0.15, -0.1) is 24.0 Å². The zero-order valence-electron chi connectivity index (χ0n) is 16.8. The fourth-order valence-electron chi connectivity index (χ4n) is 2.91. The van der Waals surface area contributed by atoms with Crippen molar-refractivity contribution in [2.75, 3.05) is 46.4 Å². The quantitative estimate of drug-likeness (QED) is 0.252. The third-order valence-electron chi connectivity index (χ3n) is 4.62. The molecular weight excluding hydrogens is 455 g/mol.